The van der Waals surface area contributed by atoms with E-state index < -0.39 is 29.7 Å². The fourth-order valence-electron chi connectivity index (χ4n) is 5.20. The van der Waals surface area contributed by atoms with Crippen molar-refractivity contribution in [3.05, 3.63) is 83.0 Å². The first-order valence-electron chi connectivity index (χ1n) is 12.2. The maximum absolute atomic E-state index is 13.9. The molecule has 0 saturated heterocycles. The van der Waals surface area contributed by atoms with Crippen LogP contribution in [0.4, 0.5) is 19.0 Å². The van der Waals surface area contributed by atoms with Crippen LogP contribution in [0, 0.1) is 0 Å². The number of aryl methyl sites for hydroxylation is 1. The predicted octanol–water partition coefficient (Wildman–Crippen LogP) is 5.33. The Kier molecular flexibility index (Phi) is 6.28. The molecule has 3 N–H and O–H groups in total. The van der Waals surface area contributed by atoms with Crippen LogP contribution in [-0.2, 0) is 6.42 Å². The van der Waals surface area contributed by atoms with E-state index in [-0.39, 0.29) is 23.8 Å². The number of rotatable bonds is 6. The van der Waals surface area contributed by atoms with Crippen LogP contribution in [-0.4, -0.2) is 33.9 Å². The summed E-state index contributed by atoms with van der Waals surface area (Å²) in [5.41, 5.74) is 2.80. The summed E-state index contributed by atoms with van der Waals surface area (Å²) in [5, 5.41) is 13.7. The summed E-state index contributed by atoms with van der Waals surface area (Å²) in [5.74, 6) is -0.375. The smallest absolute Gasteiger partial charge is 0.363 e. The van der Waals surface area contributed by atoms with Gasteiger partial charge in [-0.2, -0.15) is 18.3 Å². The fourth-order valence-corrected chi connectivity index (χ4v) is 5.20. The average molecular weight is 498 g/mol. The third-order valence-corrected chi connectivity index (χ3v) is 7.06. The van der Waals surface area contributed by atoms with Gasteiger partial charge in [-0.1, -0.05) is 54.6 Å². The first kappa shape index (κ1) is 24.4. The number of hydrogen-bond acceptors (Lipinski definition) is 4. The average Bonchev–Trinajstić information content (AvgIpc) is 3.46. The van der Waals surface area contributed by atoms with Crippen molar-refractivity contribution in [1.82, 2.24) is 20.4 Å². The molecule has 0 radical (unpaired) electrons. The van der Waals surface area contributed by atoms with E-state index >= 15 is 0 Å². The van der Waals surface area contributed by atoms with Gasteiger partial charge in [0.1, 0.15) is 11.4 Å². The largest absolute Gasteiger partial charge is 0.410 e. The van der Waals surface area contributed by atoms with E-state index in [1.807, 2.05) is 32.0 Å². The number of amides is 1. The third kappa shape index (κ3) is 4.84. The summed E-state index contributed by atoms with van der Waals surface area (Å²) < 4.78 is 42.7. The van der Waals surface area contributed by atoms with E-state index in [2.05, 4.69) is 33.2 Å². The number of benzene rings is 2. The van der Waals surface area contributed by atoms with Gasteiger partial charge >= 0.3 is 6.18 Å². The maximum Gasteiger partial charge on any atom is 0.410 e. The van der Waals surface area contributed by atoms with Gasteiger partial charge in [0.25, 0.3) is 5.91 Å². The van der Waals surface area contributed by atoms with Crippen LogP contribution in [0.25, 0.3) is 0 Å². The Balaban J connectivity index is 1.33. The van der Waals surface area contributed by atoms with E-state index in [0.717, 1.165) is 23.1 Å². The lowest BCUT2D eigenvalue weighted by Crippen LogP contribution is -2.51. The SMILES string of the molecule is CC(C)(CNC1CCc2ccccc21)NC(=O)c1cnn2c1N[C@@H](c1ccccc1)C[C@H]2C(F)(F)F. The molecule has 0 bridgehead atoms. The topological polar surface area (TPSA) is 71.0 Å². The van der Waals surface area contributed by atoms with Gasteiger partial charge in [-0.3, -0.25) is 4.79 Å². The zero-order chi connectivity index (χ0) is 25.5. The van der Waals surface area contributed by atoms with E-state index in [0.29, 0.717) is 6.54 Å². The van der Waals surface area contributed by atoms with Crippen LogP contribution >= 0.6 is 0 Å². The Hall–Kier alpha value is -3.33. The number of nitrogens with zero attached hydrogens (tertiary/aromatic N) is 2. The first-order valence-corrected chi connectivity index (χ1v) is 12.2. The molecule has 2 aromatic carbocycles. The molecule has 2 heterocycles. The summed E-state index contributed by atoms with van der Waals surface area (Å²) in [6, 6.07) is 15.1. The Morgan fingerprint density at radius 1 is 1.11 bits per heavy atom. The predicted molar refractivity (Wildman–Crippen MR) is 132 cm³/mol. The van der Waals surface area contributed by atoms with Crippen LogP contribution < -0.4 is 16.0 Å². The molecule has 0 fully saturated rings. The van der Waals surface area contributed by atoms with E-state index in [9.17, 15) is 18.0 Å². The lowest BCUT2D eigenvalue weighted by atomic mass is 9.96. The second-order valence-electron chi connectivity index (χ2n) is 10.3. The standard InChI is InChI=1S/C27H30F3N5O/c1-26(2,16-31-21-13-12-17-8-6-7-11-19(17)21)34-25(36)20-15-32-35-23(27(28,29)30)14-22(33-24(20)35)18-9-4-3-5-10-18/h3-11,15,21-23,31,33H,12-14,16H2,1-2H3,(H,34,36)/t21?,22-,23+/m1/s1. The van der Waals surface area contributed by atoms with Crippen molar-refractivity contribution < 1.29 is 18.0 Å². The minimum Gasteiger partial charge on any atom is -0.363 e. The zero-order valence-electron chi connectivity index (χ0n) is 20.3. The van der Waals surface area contributed by atoms with E-state index in [1.165, 1.54) is 17.3 Å². The van der Waals surface area contributed by atoms with Crippen molar-refractivity contribution in [3.8, 4) is 0 Å². The molecule has 1 aliphatic carbocycles. The number of alkyl halides is 3. The second kappa shape index (κ2) is 9.28. The van der Waals surface area contributed by atoms with Gasteiger partial charge in [0.15, 0.2) is 6.04 Å². The number of fused-ring (bicyclic) bond motifs is 2. The molecule has 0 spiro atoms. The van der Waals surface area contributed by atoms with Crippen LogP contribution in [0.2, 0.25) is 0 Å². The monoisotopic (exact) mass is 497 g/mol. The zero-order valence-corrected chi connectivity index (χ0v) is 20.3. The number of nitrogens with one attached hydrogen (secondary N) is 3. The highest BCUT2D eigenvalue weighted by Crippen LogP contribution is 2.44. The van der Waals surface area contributed by atoms with Crippen LogP contribution in [0.5, 0.6) is 0 Å². The van der Waals surface area contributed by atoms with Gasteiger partial charge in [-0.05, 0) is 43.4 Å². The van der Waals surface area contributed by atoms with Gasteiger partial charge in [-0.25, -0.2) is 4.68 Å². The number of carbonyl (C=O) groups excluding carboxylic acids is 1. The minimum absolute atomic E-state index is 0.0865. The molecular formula is C27H30F3N5O. The van der Waals surface area contributed by atoms with Crippen LogP contribution in [0.1, 0.15) is 71.9 Å². The van der Waals surface area contributed by atoms with Crippen LogP contribution in [0.3, 0.4) is 0 Å². The van der Waals surface area contributed by atoms with Gasteiger partial charge in [0.2, 0.25) is 0 Å². The molecule has 9 heteroatoms. The Bertz CT molecular complexity index is 1240. The number of anilines is 1. The molecule has 1 aromatic heterocycles. The van der Waals surface area contributed by atoms with Crippen molar-refractivity contribution >= 4 is 11.7 Å². The van der Waals surface area contributed by atoms with Crippen LogP contribution in [0.15, 0.2) is 60.8 Å². The number of hydrogen-bond donors (Lipinski definition) is 3. The van der Waals surface area contributed by atoms with Gasteiger partial charge < -0.3 is 16.0 Å². The fraction of sp³-hybridized carbons (Fsp3) is 0.407. The molecule has 1 aliphatic heterocycles. The van der Waals surface area contributed by atoms with E-state index in [4.69, 9.17) is 0 Å². The summed E-state index contributed by atoms with van der Waals surface area (Å²) in [7, 11) is 0. The summed E-state index contributed by atoms with van der Waals surface area (Å²) >= 11 is 0. The van der Waals surface area contributed by atoms with Crippen molar-refractivity contribution in [2.45, 2.75) is 63.0 Å². The highest BCUT2D eigenvalue weighted by molar-refractivity contribution is 5.99. The molecule has 3 atom stereocenters. The van der Waals surface area contributed by atoms with Crippen molar-refractivity contribution in [2.24, 2.45) is 0 Å². The van der Waals surface area contributed by atoms with E-state index in [1.54, 1.807) is 24.3 Å². The second-order valence-corrected chi connectivity index (χ2v) is 10.3. The molecule has 36 heavy (non-hydrogen) atoms. The van der Waals surface area contributed by atoms with Crippen molar-refractivity contribution in [3.63, 3.8) is 0 Å². The molecule has 0 saturated carbocycles. The van der Waals surface area contributed by atoms with Crippen molar-refractivity contribution in [1.29, 1.82) is 0 Å². The van der Waals surface area contributed by atoms with Crippen molar-refractivity contribution in [2.75, 3.05) is 11.9 Å². The quantitative estimate of drug-likeness (QED) is 0.431. The summed E-state index contributed by atoms with van der Waals surface area (Å²) in [4.78, 5) is 13.3. The molecule has 6 nitrogen and oxygen atoms in total. The minimum atomic E-state index is -4.50. The molecule has 190 valence electrons. The van der Waals surface area contributed by atoms with Gasteiger partial charge in [-0.15, -0.1) is 0 Å². The molecule has 1 unspecified atom stereocenters. The highest BCUT2D eigenvalue weighted by Gasteiger charge is 2.47. The Morgan fingerprint density at radius 3 is 2.58 bits per heavy atom. The van der Waals surface area contributed by atoms with Gasteiger partial charge in [0.05, 0.1) is 12.2 Å². The summed E-state index contributed by atoms with van der Waals surface area (Å²) in [6.45, 7) is 4.30. The lowest BCUT2D eigenvalue weighted by molar-refractivity contribution is -0.173. The van der Waals surface area contributed by atoms with Gasteiger partial charge in [0, 0.05) is 24.5 Å². The number of halogens is 3. The molecule has 5 rings (SSSR count). The maximum atomic E-state index is 13.9. The Labute approximate surface area is 208 Å². The Morgan fingerprint density at radius 2 is 1.83 bits per heavy atom. The molecule has 1 amide bonds. The lowest BCUT2D eigenvalue weighted by Gasteiger charge is -2.34. The molecule has 3 aromatic rings. The molecular weight excluding hydrogens is 467 g/mol. The summed E-state index contributed by atoms with van der Waals surface area (Å²) in [6.07, 6.45) is -1.48. The number of carbonyl (C=O) groups is 1. The highest BCUT2D eigenvalue weighted by atomic mass is 19.4. The third-order valence-electron chi connectivity index (χ3n) is 7.06. The number of aromatic nitrogens is 2. The normalized spacial score (nSPS) is 21.4. The first-order chi connectivity index (χ1) is 17.1. The molecule has 2 aliphatic rings.